The van der Waals surface area contributed by atoms with Crippen LogP contribution in [0.25, 0.3) is 0 Å². The molecule has 0 saturated carbocycles. The van der Waals surface area contributed by atoms with Crippen LogP contribution in [-0.4, -0.2) is 35.1 Å². The van der Waals surface area contributed by atoms with Gasteiger partial charge in [-0.05, 0) is 48.7 Å². The molecule has 0 unspecified atom stereocenters. The first-order valence-corrected chi connectivity index (χ1v) is 12.4. The third kappa shape index (κ3) is 5.69. The van der Waals surface area contributed by atoms with Crippen LogP contribution in [0.4, 0.5) is 5.69 Å². The summed E-state index contributed by atoms with van der Waals surface area (Å²) in [5.41, 5.74) is 2.43. The van der Waals surface area contributed by atoms with Gasteiger partial charge in [-0.25, -0.2) is 8.42 Å². The summed E-state index contributed by atoms with van der Waals surface area (Å²) in [4.78, 5) is 13.1. The Bertz CT molecular complexity index is 1210. The van der Waals surface area contributed by atoms with Crippen molar-refractivity contribution in [3.05, 3.63) is 83.9 Å². The Hall–Kier alpha value is -3.52. The molecule has 1 amide bonds. The number of aryl methyl sites for hydroxylation is 1. The number of nitrogens with one attached hydrogen (secondary N) is 1. The molecule has 0 aliphatic carbocycles. The van der Waals surface area contributed by atoms with Gasteiger partial charge in [-0.1, -0.05) is 49.4 Å². The second kappa shape index (κ2) is 11.1. The highest BCUT2D eigenvalue weighted by molar-refractivity contribution is 7.92. The molecule has 0 aliphatic heterocycles. The first-order valence-electron chi connectivity index (χ1n) is 11.0. The number of ether oxygens (including phenoxy) is 2. The normalized spacial score (nSPS) is 12.0. The largest absolute Gasteiger partial charge is 0.493 e. The molecule has 7 nitrogen and oxygen atoms in total. The number of hydrogen-bond donors (Lipinski definition) is 1. The van der Waals surface area contributed by atoms with Crippen LogP contribution in [0.2, 0.25) is 0 Å². The SMILES string of the molecule is CCc1ccc([C@H](C)NC(=O)CN(c2ccc(OC)c(OC)c2)S(=O)(=O)c2ccccc2)cc1. The van der Waals surface area contributed by atoms with Gasteiger partial charge >= 0.3 is 0 Å². The van der Waals surface area contributed by atoms with Crippen molar-refractivity contribution in [2.45, 2.75) is 31.2 Å². The van der Waals surface area contributed by atoms with Crippen LogP contribution in [0, 0.1) is 0 Å². The molecule has 0 fully saturated rings. The number of anilines is 1. The van der Waals surface area contributed by atoms with Crippen molar-refractivity contribution in [3.8, 4) is 11.5 Å². The van der Waals surface area contributed by atoms with E-state index >= 15 is 0 Å². The maximum atomic E-state index is 13.5. The molecule has 0 radical (unpaired) electrons. The zero-order valence-corrected chi connectivity index (χ0v) is 20.6. The fourth-order valence-electron chi connectivity index (χ4n) is 3.56. The van der Waals surface area contributed by atoms with E-state index in [-0.39, 0.29) is 16.6 Å². The van der Waals surface area contributed by atoms with E-state index in [1.54, 1.807) is 36.4 Å². The van der Waals surface area contributed by atoms with E-state index in [1.807, 2.05) is 31.2 Å². The van der Waals surface area contributed by atoms with Crippen molar-refractivity contribution < 1.29 is 22.7 Å². The molecule has 8 heteroatoms. The molecule has 0 spiro atoms. The Morgan fingerprint density at radius 1 is 0.941 bits per heavy atom. The Morgan fingerprint density at radius 2 is 1.59 bits per heavy atom. The number of hydrogen-bond acceptors (Lipinski definition) is 5. The zero-order valence-electron chi connectivity index (χ0n) is 19.8. The predicted molar refractivity (Wildman–Crippen MR) is 133 cm³/mol. The number of methoxy groups -OCH3 is 2. The topological polar surface area (TPSA) is 84.9 Å². The molecule has 1 atom stereocenters. The van der Waals surface area contributed by atoms with Gasteiger partial charge in [0, 0.05) is 6.07 Å². The van der Waals surface area contributed by atoms with E-state index in [0.717, 1.165) is 16.3 Å². The highest BCUT2D eigenvalue weighted by Crippen LogP contribution is 2.33. The molecule has 34 heavy (non-hydrogen) atoms. The van der Waals surface area contributed by atoms with Crippen LogP contribution in [0.1, 0.15) is 31.0 Å². The lowest BCUT2D eigenvalue weighted by Crippen LogP contribution is -2.41. The lowest BCUT2D eigenvalue weighted by molar-refractivity contribution is -0.120. The van der Waals surface area contributed by atoms with Gasteiger partial charge in [0.15, 0.2) is 11.5 Å². The Kier molecular flexibility index (Phi) is 8.17. The summed E-state index contributed by atoms with van der Waals surface area (Å²) in [6.07, 6.45) is 0.929. The van der Waals surface area contributed by atoms with E-state index in [0.29, 0.717) is 11.5 Å². The van der Waals surface area contributed by atoms with E-state index in [1.165, 1.54) is 31.9 Å². The standard InChI is InChI=1S/C26H30N2O5S/c1-5-20-11-13-21(14-12-20)19(2)27-26(29)18-28(34(30,31)23-9-7-6-8-10-23)22-15-16-24(32-3)25(17-22)33-4/h6-17,19H,5,18H2,1-4H3,(H,27,29)/t19-/m0/s1. The molecule has 0 aromatic heterocycles. The molecule has 0 bridgehead atoms. The molecule has 3 aromatic rings. The summed E-state index contributed by atoms with van der Waals surface area (Å²) in [7, 11) is -1.06. The number of nitrogens with zero attached hydrogens (tertiary/aromatic N) is 1. The minimum atomic E-state index is -4.03. The number of rotatable bonds is 10. The molecule has 0 saturated heterocycles. The van der Waals surface area contributed by atoms with Gasteiger partial charge in [-0.15, -0.1) is 0 Å². The van der Waals surface area contributed by atoms with Crippen molar-refractivity contribution in [2.24, 2.45) is 0 Å². The Balaban J connectivity index is 1.91. The van der Waals surface area contributed by atoms with Crippen molar-refractivity contribution >= 4 is 21.6 Å². The summed E-state index contributed by atoms with van der Waals surface area (Å²) < 4.78 is 38.7. The summed E-state index contributed by atoms with van der Waals surface area (Å²) in [6.45, 7) is 3.55. The molecule has 0 aliphatic rings. The average Bonchev–Trinajstić information content (AvgIpc) is 2.87. The lowest BCUT2D eigenvalue weighted by atomic mass is 10.1. The van der Waals surface area contributed by atoms with Crippen molar-refractivity contribution in [1.29, 1.82) is 0 Å². The highest BCUT2D eigenvalue weighted by Gasteiger charge is 2.28. The molecular formula is C26H30N2O5S. The van der Waals surface area contributed by atoms with Crippen molar-refractivity contribution in [1.82, 2.24) is 5.32 Å². The highest BCUT2D eigenvalue weighted by atomic mass is 32.2. The van der Waals surface area contributed by atoms with Crippen molar-refractivity contribution in [3.63, 3.8) is 0 Å². The van der Waals surface area contributed by atoms with Crippen molar-refractivity contribution in [2.75, 3.05) is 25.1 Å². The Morgan fingerprint density at radius 3 is 2.18 bits per heavy atom. The quantitative estimate of drug-likeness (QED) is 0.465. The van der Waals surface area contributed by atoms with Crippen LogP contribution in [-0.2, 0) is 21.2 Å². The number of carbonyl (C=O) groups is 1. The smallest absolute Gasteiger partial charge is 0.264 e. The van der Waals surface area contributed by atoms with Crippen LogP contribution in [0.15, 0.2) is 77.7 Å². The summed E-state index contributed by atoms with van der Waals surface area (Å²) in [6, 6.07) is 20.4. The summed E-state index contributed by atoms with van der Waals surface area (Å²) in [5, 5.41) is 2.91. The van der Waals surface area contributed by atoms with Gasteiger partial charge in [0.25, 0.3) is 10.0 Å². The Labute approximate surface area is 201 Å². The molecular weight excluding hydrogens is 452 g/mol. The van der Waals surface area contributed by atoms with E-state index in [9.17, 15) is 13.2 Å². The molecule has 1 N–H and O–H groups in total. The molecule has 0 heterocycles. The van der Waals surface area contributed by atoms with Gasteiger partial charge in [0.2, 0.25) is 5.91 Å². The van der Waals surface area contributed by atoms with E-state index in [4.69, 9.17) is 9.47 Å². The first-order chi connectivity index (χ1) is 16.3. The molecule has 180 valence electrons. The fourth-order valence-corrected chi connectivity index (χ4v) is 4.99. The third-order valence-electron chi connectivity index (χ3n) is 5.54. The number of amides is 1. The van der Waals surface area contributed by atoms with Gasteiger partial charge in [-0.3, -0.25) is 9.10 Å². The van der Waals surface area contributed by atoms with Crippen LogP contribution in [0.3, 0.4) is 0 Å². The van der Waals surface area contributed by atoms with Crippen LogP contribution in [0.5, 0.6) is 11.5 Å². The summed E-state index contributed by atoms with van der Waals surface area (Å²) >= 11 is 0. The van der Waals surface area contributed by atoms with Gasteiger partial charge in [0.1, 0.15) is 6.54 Å². The second-order valence-corrected chi connectivity index (χ2v) is 9.61. The fraction of sp³-hybridized carbons (Fsp3) is 0.269. The van der Waals surface area contributed by atoms with Gasteiger partial charge < -0.3 is 14.8 Å². The predicted octanol–water partition coefficient (Wildman–Crippen LogP) is 4.34. The number of carbonyl (C=O) groups excluding carboxylic acids is 1. The lowest BCUT2D eigenvalue weighted by Gasteiger charge is -2.26. The maximum Gasteiger partial charge on any atom is 0.264 e. The van der Waals surface area contributed by atoms with E-state index < -0.39 is 22.5 Å². The minimum absolute atomic E-state index is 0.0841. The zero-order chi connectivity index (χ0) is 24.7. The van der Waals surface area contributed by atoms with Gasteiger partial charge in [-0.2, -0.15) is 0 Å². The number of benzene rings is 3. The molecule has 3 rings (SSSR count). The number of sulfonamides is 1. The maximum absolute atomic E-state index is 13.5. The van der Waals surface area contributed by atoms with Gasteiger partial charge in [0.05, 0.1) is 30.8 Å². The van der Waals surface area contributed by atoms with Crippen LogP contribution < -0.4 is 19.1 Å². The second-order valence-electron chi connectivity index (χ2n) is 7.75. The minimum Gasteiger partial charge on any atom is -0.493 e. The molecule has 3 aromatic carbocycles. The monoisotopic (exact) mass is 482 g/mol. The average molecular weight is 483 g/mol. The first kappa shape index (κ1) is 25.1. The van der Waals surface area contributed by atoms with E-state index in [2.05, 4.69) is 12.2 Å². The third-order valence-corrected chi connectivity index (χ3v) is 7.33. The summed E-state index contributed by atoms with van der Waals surface area (Å²) in [5.74, 6) is 0.385. The van der Waals surface area contributed by atoms with Crippen LogP contribution >= 0.6 is 0 Å².